The van der Waals surface area contributed by atoms with Crippen LogP contribution >= 0.6 is 15.9 Å². The summed E-state index contributed by atoms with van der Waals surface area (Å²) in [5.41, 5.74) is 4.94. The van der Waals surface area contributed by atoms with Gasteiger partial charge in [0.2, 0.25) is 0 Å². The van der Waals surface area contributed by atoms with E-state index < -0.39 is 0 Å². The van der Waals surface area contributed by atoms with Crippen molar-refractivity contribution in [2.45, 2.75) is 72.1 Å². The lowest BCUT2D eigenvalue weighted by molar-refractivity contribution is 0.168. The van der Waals surface area contributed by atoms with E-state index in [1.807, 2.05) is 0 Å². The maximum atomic E-state index is 3.84. The molecule has 1 saturated carbocycles. The average molecular weight is 351 g/mol. The van der Waals surface area contributed by atoms with Gasteiger partial charge < -0.3 is 0 Å². The second-order valence-corrected chi connectivity index (χ2v) is 7.89. The van der Waals surface area contributed by atoms with Gasteiger partial charge in [0, 0.05) is 5.33 Å². The fourth-order valence-corrected chi connectivity index (χ4v) is 4.58. The van der Waals surface area contributed by atoms with Crippen LogP contribution in [0.5, 0.6) is 0 Å². The zero-order valence-corrected chi connectivity index (χ0v) is 15.6. The van der Waals surface area contributed by atoms with Crippen molar-refractivity contribution in [2.75, 3.05) is 5.33 Å². The summed E-state index contributed by atoms with van der Waals surface area (Å²) < 4.78 is 0. The first-order chi connectivity index (χ1) is 10.1. The summed E-state index contributed by atoms with van der Waals surface area (Å²) in [4.78, 5) is 0. The van der Waals surface area contributed by atoms with Gasteiger partial charge in [-0.25, -0.2) is 0 Å². The Balaban J connectivity index is 2.01. The highest BCUT2D eigenvalue weighted by atomic mass is 79.9. The minimum absolute atomic E-state index is 0.501. The maximum Gasteiger partial charge on any atom is 0.00911 e. The van der Waals surface area contributed by atoms with Crippen LogP contribution in [0.4, 0.5) is 0 Å². The first-order valence-corrected chi connectivity index (χ1v) is 9.83. The Labute approximate surface area is 139 Å². The van der Waals surface area contributed by atoms with Crippen LogP contribution in [0.3, 0.4) is 0 Å². The van der Waals surface area contributed by atoms with Crippen molar-refractivity contribution < 1.29 is 0 Å². The van der Waals surface area contributed by atoms with Crippen LogP contribution in [-0.4, -0.2) is 5.33 Å². The van der Waals surface area contributed by atoms with Crippen molar-refractivity contribution in [1.82, 2.24) is 0 Å². The van der Waals surface area contributed by atoms with Crippen molar-refractivity contribution in [3.05, 3.63) is 34.9 Å². The van der Waals surface area contributed by atoms with Gasteiger partial charge in [0.15, 0.2) is 0 Å². The third-order valence-electron chi connectivity index (χ3n) is 5.49. The third kappa shape index (κ3) is 4.58. The molecular formula is C20H31Br. The van der Waals surface area contributed by atoms with E-state index in [4.69, 9.17) is 0 Å². The lowest BCUT2D eigenvalue weighted by Gasteiger charge is -2.40. The van der Waals surface area contributed by atoms with Crippen LogP contribution in [0.15, 0.2) is 18.2 Å². The summed E-state index contributed by atoms with van der Waals surface area (Å²) in [6, 6.07) is 6.93. The molecule has 1 aromatic rings. The lowest BCUT2D eigenvalue weighted by Crippen LogP contribution is -2.31. The van der Waals surface area contributed by atoms with E-state index in [1.54, 1.807) is 5.56 Å². The van der Waals surface area contributed by atoms with Gasteiger partial charge in [0.25, 0.3) is 0 Å². The molecule has 0 saturated heterocycles. The molecule has 2 rings (SSSR count). The predicted molar refractivity (Wildman–Crippen MR) is 97.3 cm³/mol. The number of rotatable bonds is 6. The van der Waals surface area contributed by atoms with Crippen LogP contribution < -0.4 is 0 Å². The molecule has 0 spiro atoms. The van der Waals surface area contributed by atoms with Gasteiger partial charge in [-0.3, -0.25) is 0 Å². The van der Waals surface area contributed by atoms with E-state index >= 15 is 0 Å². The van der Waals surface area contributed by atoms with Gasteiger partial charge in [-0.1, -0.05) is 65.9 Å². The lowest BCUT2D eigenvalue weighted by atomic mass is 9.67. The van der Waals surface area contributed by atoms with Crippen LogP contribution in [0.25, 0.3) is 0 Å². The Hall–Kier alpha value is -0.300. The molecule has 118 valence electrons. The summed E-state index contributed by atoms with van der Waals surface area (Å²) in [7, 11) is 0. The Kier molecular flexibility index (Phi) is 6.34. The summed E-state index contributed by atoms with van der Waals surface area (Å²) in [6.07, 6.45) is 11.2. The first kappa shape index (κ1) is 17.1. The van der Waals surface area contributed by atoms with Crippen molar-refractivity contribution in [3.8, 4) is 0 Å². The van der Waals surface area contributed by atoms with Crippen LogP contribution in [0.1, 0.15) is 68.6 Å². The molecule has 1 heteroatoms. The summed E-state index contributed by atoms with van der Waals surface area (Å²) in [5, 5.41) is 1.16. The quantitative estimate of drug-likeness (QED) is 0.506. The normalized spacial score (nSPS) is 26.0. The summed E-state index contributed by atoms with van der Waals surface area (Å²) in [6.45, 7) is 6.79. The number of halogens is 1. The molecule has 0 aliphatic heterocycles. The Morgan fingerprint density at radius 3 is 2.52 bits per heavy atom. The molecule has 1 aromatic carbocycles. The van der Waals surface area contributed by atoms with Crippen molar-refractivity contribution in [1.29, 1.82) is 0 Å². The highest BCUT2D eigenvalue weighted by Gasteiger charge is 2.34. The molecule has 0 heterocycles. The van der Waals surface area contributed by atoms with E-state index in [2.05, 4.69) is 54.9 Å². The molecule has 0 unspecified atom stereocenters. The number of hydrogen-bond acceptors (Lipinski definition) is 0. The molecule has 0 aromatic heterocycles. The number of aryl methyl sites for hydroxylation is 2. The zero-order chi connectivity index (χ0) is 15.3. The topological polar surface area (TPSA) is 0 Å². The van der Waals surface area contributed by atoms with E-state index in [-0.39, 0.29) is 0 Å². The van der Waals surface area contributed by atoms with Crippen LogP contribution in [-0.2, 0) is 6.42 Å². The van der Waals surface area contributed by atoms with Crippen LogP contribution in [0, 0.1) is 25.2 Å². The van der Waals surface area contributed by atoms with E-state index in [1.165, 1.54) is 62.5 Å². The molecular weight excluding hydrogens is 320 g/mol. The number of unbranched alkanes of at least 4 members (excludes halogenated alkanes) is 1. The second kappa shape index (κ2) is 7.81. The fraction of sp³-hybridized carbons (Fsp3) is 0.700. The fourth-order valence-electron chi connectivity index (χ4n) is 3.82. The summed E-state index contributed by atoms with van der Waals surface area (Å²) in [5.74, 6) is 0.996. The van der Waals surface area contributed by atoms with Crippen LogP contribution in [0.2, 0.25) is 0 Å². The SMILES string of the molecule is CCCCC1CCC(CBr)(Cc2cc(C)ccc2C)CC1. The Bertz CT molecular complexity index is 441. The average Bonchev–Trinajstić information content (AvgIpc) is 2.50. The molecule has 0 N–H and O–H groups in total. The molecule has 1 aliphatic rings. The Morgan fingerprint density at radius 1 is 1.19 bits per heavy atom. The number of hydrogen-bond donors (Lipinski definition) is 0. The molecule has 1 fully saturated rings. The van der Waals surface area contributed by atoms with Gasteiger partial charge in [0.05, 0.1) is 0 Å². The molecule has 1 aliphatic carbocycles. The van der Waals surface area contributed by atoms with E-state index in [0.29, 0.717) is 5.41 Å². The summed E-state index contributed by atoms with van der Waals surface area (Å²) >= 11 is 3.84. The van der Waals surface area contributed by atoms with E-state index in [0.717, 1.165) is 11.2 Å². The van der Waals surface area contributed by atoms with Crippen molar-refractivity contribution in [2.24, 2.45) is 11.3 Å². The zero-order valence-electron chi connectivity index (χ0n) is 14.1. The number of alkyl halides is 1. The van der Waals surface area contributed by atoms with Gasteiger partial charge in [-0.2, -0.15) is 0 Å². The van der Waals surface area contributed by atoms with E-state index in [9.17, 15) is 0 Å². The molecule has 0 radical (unpaired) electrons. The first-order valence-electron chi connectivity index (χ1n) is 8.70. The smallest absolute Gasteiger partial charge is 0.00911 e. The highest BCUT2D eigenvalue weighted by molar-refractivity contribution is 9.09. The Morgan fingerprint density at radius 2 is 1.90 bits per heavy atom. The molecule has 21 heavy (non-hydrogen) atoms. The van der Waals surface area contributed by atoms with Gasteiger partial charge in [-0.15, -0.1) is 0 Å². The van der Waals surface area contributed by atoms with Gasteiger partial charge in [-0.05, 0) is 68.4 Å². The minimum atomic E-state index is 0.501. The molecule has 0 amide bonds. The maximum absolute atomic E-state index is 3.84. The second-order valence-electron chi connectivity index (χ2n) is 7.33. The predicted octanol–water partition coefficient (Wildman–Crippen LogP) is 6.61. The molecule has 0 nitrogen and oxygen atoms in total. The molecule has 0 atom stereocenters. The highest BCUT2D eigenvalue weighted by Crippen LogP contribution is 2.44. The van der Waals surface area contributed by atoms with Gasteiger partial charge >= 0.3 is 0 Å². The largest absolute Gasteiger partial charge is 0.0922 e. The third-order valence-corrected chi connectivity index (χ3v) is 6.67. The standard InChI is InChI=1S/C20H31Br/c1-4-5-6-18-9-11-20(15-21,12-10-18)14-19-13-16(2)7-8-17(19)3/h7-8,13,18H,4-6,9-12,14-15H2,1-3H3. The monoisotopic (exact) mass is 350 g/mol. The number of benzene rings is 1. The van der Waals surface area contributed by atoms with Crippen molar-refractivity contribution >= 4 is 15.9 Å². The van der Waals surface area contributed by atoms with Gasteiger partial charge in [0.1, 0.15) is 0 Å². The van der Waals surface area contributed by atoms with Crippen molar-refractivity contribution in [3.63, 3.8) is 0 Å². The molecule has 0 bridgehead atoms. The minimum Gasteiger partial charge on any atom is -0.0922 e.